The van der Waals surface area contributed by atoms with Gasteiger partial charge in [0, 0.05) is 45.3 Å². The summed E-state index contributed by atoms with van der Waals surface area (Å²) in [7, 11) is 0. The molecule has 4 rings (SSSR count). The van der Waals surface area contributed by atoms with Crippen molar-refractivity contribution in [3.63, 3.8) is 0 Å². The highest BCUT2D eigenvalue weighted by Gasteiger charge is 2.42. The van der Waals surface area contributed by atoms with E-state index in [2.05, 4.69) is 47.5 Å². The van der Waals surface area contributed by atoms with Gasteiger partial charge in [-0.3, -0.25) is 67.3 Å². The standard InChI is InChI=1S/C63H98N18O13S/c1-37(2)33-45(57(89)74-41(53(68)85)27-32-95-3)73-52(84)36-72-54(86)46(34-38-15-6-4-7-16-38)78-58(90)47(35-39-17-8-5-9-18-39)79-56(88)42(23-25-50(66)82)75-55(87)43(24-26-51(67)83)76-59(91)49-22-14-31-81(49)62(94)44(20-10-11-28-64)77-60(92)48-21-13-30-80(48)61(93)40(65)19-12-29-71-63(69)70/h4-9,15-18,37,40-49H,10-14,19-36,64-65H2,1-3H3,(H2,66,82)(H2,67,83)(H2,68,85)(H,72,86)(H,73,84)(H,74,89)(H,75,87)(H,76,91)(H,77,92)(H,78,90)(H,79,88)(H4,69,70,71)/t40-,41+,42-,43+,44-,45-,46-,47-,48+,49-/m1/s1. The molecule has 2 aromatic rings. The first-order chi connectivity index (χ1) is 45.2. The molecule has 0 radical (unpaired) electrons. The van der Waals surface area contributed by atoms with Gasteiger partial charge < -0.3 is 92.5 Å². The third-order valence-electron chi connectivity index (χ3n) is 16.0. The van der Waals surface area contributed by atoms with Gasteiger partial charge in [-0.25, -0.2) is 0 Å². The molecule has 2 heterocycles. The van der Waals surface area contributed by atoms with E-state index < -0.39 is 169 Å². The van der Waals surface area contributed by atoms with E-state index in [1.807, 2.05) is 20.1 Å². The zero-order chi connectivity index (χ0) is 70.1. The van der Waals surface area contributed by atoms with Crippen LogP contribution in [0.2, 0.25) is 0 Å². The van der Waals surface area contributed by atoms with Crippen LogP contribution in [0.3, 0.4) is 0 Å². The molecule has 22 N–H and O–H groups in total. The predicted molar refractivity (Wildman–Crippen MR) is 356 cm³/mol. The number of amides is 13. The van der Waals surface area contributed by atoms with Crippen molar-refractivity contribution in [3.8, 4) is 0 Å². The molecular formula is C63H98N18O13S. The van der Waals surface area contributed by atoms with Gasteiger partial charge in [0.2, 0.25) is 76.8 Å². The van der Waals surface area contributed by atoms with Gasteiger partial charge in [-0.15, -0.1) is 0 Å². The fourth-order valence-corrected chi connectivity index (χ4v) is 11.5. The topological polar surface area (TPSA) is 519 Å². The number of primary amides is 3. The van der Waals surface area contributed by atoms with E-state index in [1.165, 1.54) is 21.6 Å². The molecule has 2 aliphatic rings. The number of carbonyl (C=O) groups is 13. The lowest BCUT2D eigenvalue weighted by Gasteiger charge is -2.32. The normalized spacial score (nSPS) is 16.8. The molecular weight excluding hydrogens is 1250 g/mol. The number of likely N-dealkylation sites (tertiary alicyclic amines) is 2. The molecule has 2 aliphatic heterocycles. The van der Waals surface area contributed by atoms with Crippen LogP contribution < -0.4 is 82.7 Å². The zero-order valence-electron chi connectivity index (χ0n) is 54.5. The molecule has 0 saturated carbocycles. The maximum Gasteiger partial charge on any atom is 0.245 e. The Hall–Kier alpha value is -8.91. The number of thioether (sulfide) groups is 1. The van der Waals surface area contributed by atoms with E-state index in [9.17, 15) is 62.3 Å². The summed E-state index contributed by atoms with van der Waals surface area (Å²) in [6, 6.07) is 4.51. The van der Waals surface area contributed by atoms with Crippen LogP contribution in [0.1, 0.15) is 121 Å². The molecule has 0 aromatic heterocycles. The second-order valence-electron chi connectivity index (χ2n) is 24.1. The summed E-state index contributed by atoms with van der Waals surface area (Å²) in [5.41, 5.74) is 40.6. The predicted octanol–water partition coefficient (Wildman–Crippen LogP) is -3.71. The van der Waals surface area contributed by atoms with Crippen molar-refractivity contribution in [2.75, 3.05) is 44.7 Å². The first kappa shape index (κ1) is 78.5. The van der Waals surface area contributed by atoms with Crippen LogP contribution in [0.15, 0.2) is 65.7 Å². The number of rotatable bonds is 42. The van der Waals surface area contributed by atoms with Crippen molar-refractivity contribution in [2.45, 2.75) is 183 Å². The lowest BCUT2D eigenvalue weighted by atomic mass is 10.0. The number of aliphatic imine (C=N–C) groups is 1. The number of benzene rings is 2. The van der Waals surface area contributed by atoms with Crippen molar-refractivity contribution in [2.24, 2.45) is 51.0 Å². The van der Waals surface area contributed by atoms with Gasteiger partial charge in [0.1, 0.15) is 54.4 Å². The van der Waals surface area contributed by atoms with Crippen molar-refractivity contribution in [3.05, 3.63) is 71.8 Å². The molecule has 0 unspecified atom stereocenters. The van der Waals surface area contributed by atoms with Crippen molar-refractivity contribution < 1.29 is 62.3 Å². The second-order valence-corrected chi connectivity index (χ2v) is 25.1. The maximum atomic E-state index is 14.7. The Morgan fingerprint density at radius 2 is 1.01 bits per heavy atom. The Morgan fingerprint density at radius 1 is 0.537 bits per heavy atom. The second kappa shape index (κ2) is 41.0. The van der Waals surface area contributed by atoms with Crippen LogP contribution in [0.5, 0.6) is 0 Å². The monoisotopic (exact) mass is 1350 g/mol. The number of unbranched alkanes of at least 4 members (excludes halogenated alkanes) is 1. The Morgan fingerprint density at radius 3 is 1.51 bits per heavy atom. The first-order valence-electron chi connectivity index (χ1n) is 32.2. The summed E-state index contributed by atoms with van der Waals surface area (Å²) in [4.78, 5) is 185. The highest BCUT2D eigenvalue weighted by Crippen LogP contribution is 2.24. The third kappa shape index (κ3) is 27.5. The summed E-state index contributed by atoms with van der Waals surface area (Å²) in [5.74, 6) is -9.80. The summed E-state index contributed by atoms with van der Waals surface area (Å²) in [6.45, 7) is 3.86. The fraction of sp³-hybridized carbons (Fsp3) is 0.587. The van der Waals surface area contributed by atoms with E-state index in [4.69, 9.17) is 40.1 Å². The molecule has 31 nitrogen and oxygen atoms in total. The van der Waals surface area contributed by atoms with Gasteiger partial charge in [0.05, 0.1) is 12.6 Å². The summed E-state index contributed by atoms with van der Waals surface area (Å²) >= 11 is 1.45. The average molecular weight is 1350 g/mol. The van der Waals surface area contributed by atoms with Crippen molar-refractivity contribution in [1.82, 2.24) is 52.3 Å². The molecule has 2 aromatic carbocycles. The van der Waals surface area contributed by atoms with Crippen molar-refractivity contribution >= 4 is 94.5 Å². The van der Waals surface area contributed by atoms with Crippen LogP contribution in [-0.2, 0) is 75.2 Å². The molecule has 2 saturated heterocycles. The van der Waals surface area contributed by atoms with Gasteiger partial charge in [0.15, 0.2) is 5.96 Å². The molecule has 0 aliphatic carbocycles. The molecule has 10 atom stereocenters. The van der Waals surface area contributed by atoms with E-state index >= 15 is 0 Å². The number of guanidine groups is 1. The average Bonchev–Trinajstić information content (AvgIpc) is 1.74. The largest absolute Gasteiger partial charge is 0.370 e. The SMILES string of the molecule is CSCC[C@H](NC(=O)[C@@H](CC(C)C)NC(=O)CNC(=O)[C@@H](Cc1ccccc1)NC(=O)[C@@H](Cc1ccccc1)NC(=O)[C@@H](CCC(N)=O)NC(=O)[C@H](CCC(N)=O)NC(=O)[C@H]1CCCN1C(=O)[C@@H](CCCCN)NC(=O)[C@@H]1CCCN1C(=O)[C@H](N)CCCN=C(N)N)C(N)=O. The van der Waals surface area contributed by atoms with E-state index in [0.29, 0.717) is 55.4 Å². The number of carbonyl (C=O) groups excluding carboxylic acids is 13. The highest BCUT2D eigenvalue weighted by molar-refractivity contribution is 7.98. The molecule has 0 spiro atoms. The van der Waals surface area contributed by atoms with Gasteiger partial charge in [-0.2, -0.15) is 11.8 Å². The van der Waals surface area contributed by atoms with Crippen LogP contribution in [0.4, 0.5) is 0 Å². The number of hydrogen-bond acceptors (Lipinski definition) is 17. The third-order valence-corrected chi connectivity index (χ3v) is 16.7. The van der Waals surface area contributed by atoms with Gasteiger partial charge in [0.25, 0.3) is 0 Å². The fourth-order valence-electron chi connectivity index (χ4n) is 11.0. The zero-order valence-corrected chi connectivity index (χ0v) is 55.3. The van der Waals surface area contributed by atoms with Crippen LogP contribution in [0, 0.1) is 5.92 Å². The Balaban J connectivity index is 1.56. The van der Waals surface area contributed by atoms with Crippen LogP contribution in [0.25, 0.3) is 0 Å². The minimum atomic E-state index is -1.64. The van der Waals surface area contributed by atoms with E-state index in [0.717, 1.165) is 0 Å². The summed E-state index contributed by atoms with van der Waals surface area (Å²) in [6.07, 6.45) is 3.12. The van der Waals surface area contributed by atoms with Gasteiger partial charge >= 0.3 is 0 Å². The van der Waals surface area contributed by atoms with Crippen LogP contribution in [-0.4, -0.2) is 198 Å². The Bertz CT molecular complexity index is 2960. The quantitative estimate of drug-likeness (QED) is 0.0173. The number of nitrogens with zero attached hydrogens (tertiary/aromatic N) is 3. The molecule has 13 amide bonds. The van der Waals surface area contributed by atoms with Crippen molar-refractivity contribution in [1.29, 1.82) is 0 Å². The van der Waals surface area contributed by atoms with E-state index in [-0.39, 0.29) is 83.0 Å². The van der Waals surface area contributed by atoms with Gasteiger partial charge in [-0.1, -0.05) is 74.5 Å². The summed E-state index contributed by atoms with van der Waals surface area (Å²) < 4.78 is 0. The number of nitrogens with one attached hydrogen (secondary N) is 8. The smallest absolute Gasteiger partial charge is 0.245 e. The minimum absolute atomic E-state index is 0.0736. The summed E-state index contributed by atoms with van der Waals surface area (Å²) in [5, 5.41) is 21.1. The van der Waals surface area contributed by atoms with Gasteiger partial charge in [-0.05, 0) is 119 Å². The highest BCUT2D eigenvalue weighted by atomic mass is 32.2. The molecule has 95 heavy (non-hydrogen) atoms. The van der Waals surface area contributed by atoms with E-state index in [1.54, 1.807) is 60.7 Å². The maximum absolute atomic E-state index is 14.7. The Kier molecular flexibility index (Phi) is 33.9. The number of nitrogens with two attached hydrogens (primary N) is 7. The van der Waals surface area contributed by atoms with Crippen LogP contribution >= 0.6 is 11.8 Å². The molecule has 524 valence electrons. The number of hydrogen-bond donors (Lipinski definition) is 15. The lowest BCUT2D eigenvalue weighted by Crippen LogP contribution is -2.60. The molecule has 2 fully saturated rings. The lowest BCUT2D eigenvalue weighted by molar-refractivity contribution is -0.144. The molecule has 0 bridgehead atoms. The first-order valence-corrected chi connectivity index (χ1v) is 33.6. The molecule has 32 heteroatoms. The minimum Gasteiger partial charge on any atom is -0.370 e. The Labute approximate surface area is 558 Å².